The van der Waals surface area contributed by atoms with Crippen molar-refractivity contribution in [2.75, 3.05) is 7.05 Å². The summed E-state index contributed by atoms with van der Waals surface area (Å²) in [5.74, 6) is 1.46. The number of aryl methyl sites for hydroxylation is 2. The molecule has 19 heavy (non-hydrogen) atoms. The third-order valence-electron chi connectivity index (χ3n) is 3.66. The van der Waals surface area contributed by atoms with E-state index in [9.17, 15) is 0 Å². The number of aromatic nitrogens is 2. The minimum atomic E-state index is 0.363. The minimum Gasteiger partial charge on any atom is -0.333 e. The molecule has 102 valence electrons. The van der Waals surface area contributed by atoms with Gasteiger partial charge in [0, 0.05) is 17.3 Å². The zero-order valence-corrected chi connectivity index (χ0v) is 12.2. The smallest absolute Gasteiger partial charge is 0.268 e. The molecule has 1 unspecified atom stereocenters. The Morgan fingerprint density at radius 1 is 1.42 bits per heavy atom. The van der Waals surface area contributed by atoms with Gasteiger partial charge in [0.25, 0.3) is 5.89 Å². The normalized spacial score (nSPS) is 16.3. The van der Waals surface area contributed by atoms with Crippen molar-refractivity contribution in [2.24, 2.45) is 0 Å². The van der Waals surface area contributed by atoms with Crippen molar-refractivity contribution in [1.29, 1.82) is 0 Å². The van der Waals surface area contributed by atoms with Gasteiger partial charge in [-0.3, -0.25) is 0 Å². The first-order valence-corrected chi connectivity index (χ1v) is 7.69. The van der Waals surface area contributed by atoms with Gasteiger partial charge in [-0.25, -0.2) is 0 Å². The van der Waals surface area contributed by atoms with Crippen LogP contribution in [0.2, 0.25) is 0 Å². The predicted octanol–water partition coefficient (Wildman–Crippen LogP) is 2.83. The maximum atomic E-state index is 5.40. The summed E-state index contributed by atoms with van der Waals surface area (Å²) < 4.78 is 5.40. The van der Waals surface area contributed by atoms with Crippen LogP contribution in [0.1, 0.15) is 36.0 Å². The molecule has 1 N–H and O–H groups in total. The van der Waals surface area contributed by atoms with Gasteiger partial charge >= 0.3 is 0 Å². The number of nitrogens with one attached hydrogen (secondary N) is 1. The van der Waals surface area contributed by atoms with Crippen molar-refractivity contribution < 1.29 is 4.52 Å². The molecule has 0 aromatic carbocycles. The predicted molar refractivity (Wildman–Crippen MR) is 76.5 cm³/mol. The molecule has 1 aliphatic rings. The van der Waals surface area contributed by atoms with Crippen LogP contribution < -0.4 is 5.32 Å². The zero-order chi connectivity index (χ0) is 13.2. The highest BCUT2D eigenvalue weighted by Crippen LogP contribution is 2.34. The van der Waals surface area contributed by atoms with E-state index in [1.807, 2.05) is 18.4 Å². The van der Waals surface area contributed by atoms with E-state index in [0.717, 1.165) is 17.1 Å². The molecule has 2 heterocycles. The van der Waals surface area contributed by atoms with Crippen LogP contribution in [0.5, 0.6) is 0 Å². The molecule has 0 spiro atoms. The first-order valence-electron chi connectivity index (χ1n) is 6.88. The van der Waals surface area contributed by atoms with Gasteiger partial charge in [0.1, 0.15) is 0 Å². The summed E-state index contributed by atoms with van der Waals surface area (Å²) >= 11 is 1.81. The standard InChI is InChI=1S/C14H19N3OS/c1-9(15-2)7-13-16-14(18-17-13)12-8-10-5-3-4-6-11(10)19-12/h8-9,15H,3-7H2,1-2H3. The van der Waals surface area contributed by atoms with Gasteiger partial charge in [0.05, 0.1) is 4.88 Å². The number of hydrogen-bond acceptors (Lipinski definition) is 5. The van der Waals surface area contributed by atoms with E-state index in [-0.39, 0.29) is 0 Å². The molecule has 2 aromatic heterocycles. The van der Waals surface area contributed by atoms with Gasteiger partial charge in [-0.15, -0.1) is 11.3 Å². The summed E-state index contributed by atoms with van der Waals surface area (Å²) in [5.41, 5.74) is 1.48. The van der Waals surface area contributed by atoms with Gasteiger partial charge in [0.2, 0.25) is 0 Å². The molecule has 1 atom stereocenters. The Kier molecular flexibility index (Phi) is 3.66. The van der Waals surface area contributed by atoms with Crippen LogP contribution in [0, 0.1) is 0 Å². The number of nitrogens with zero attached hydrogens (tertiary/aromatic N) is 2. The van der Waals surface area contributed by atoms with Crippen molar-refractivity contribution in [3.63, 3.8) is 0 Å². The van der Waals surface area contributed by atoms with Crippen molar-refractivity contribution in [3.8, 4) is 10.8 Å². The van der Waals surface area contributed by atoms with Crippen molar-refractivity contribution in [3.05, 3.63) is 22.3 Å². The van der Waals surface area contributed by atoms with E-state index in [0.29, 0.717) is 11.9 Å². The Morgan fingerprint density at radius 2 is 2.26 bits per heavy atom. The van der Waals surface area contributed by atoms with Crippen LogP contribution in [-0.2, 0) is 19.3 Å². The number of rotatable bonds is 4. The molecule has 0 amide bonds. The third kappa shape index (κ3) is 2.72. The first kappa shape index (κ1) is 12.8. The summed E-state index contributed by atoms with van der Waals surface area (Å²) in [7, 11) is 1.94. The monoisotopic (exact) mass is 277 g/mol. The fraction of sp³-hybridized carbons (Fsp3) is 0.571. The summed E-state index contributed by atoms with van der Waals surface area (Å²) in [5, 5.41) is 7.25. The molecular formula is C14H19N3OS. The average molecular weight is 277 g/mol. The van der Waals surface area contributed by atoms with Crippen LogP contribution in [0.3, 0.4) is 0 Å². The van der Waals surface area contributed by atoms with Crippen molar-refractivity contribution in [2.45, 2.75) is 45.1 Å². The lowest BCUT2D eigenvalue weighted by atomic mass is 9.99. The molecule has 2 aromatic rings. The fourth-order valence-corrected chi connectivity index (χ4v) is 3.58. The van der Waals surface area contributed by atoms with Gasteiger partial charge in [-0.1, -0.05) is 5.16 Å². The lowest BCUT2D eigenvalue weighted by Gasteiger charge is -2.08. The maximum Gasteiger partial charge on any atom is 0.268 e. The van der Waals surface area contributed by atoms with E-state index in [1.54, 1.807) is 0 Å². The first-order chi connectivity index (χ1) is 9.26. The van der Waals surface area contributed by atoms with Gasteiger partial charge in [0.15, 0.2) is 5.82 Å². The topological polar surface area (TPSA) is 51.0 Å². The highest BCUT2D eigenvalue weighted by molar-refractivity contribution is 7.15. The average Bonchev–Trinajstić information content (AvgIpc) is 3.04. The quantitative estimate of drug-likeness (QED) is 0.933. The fourth-order valence-electron chi connectivity index (χ4n) is 2.41. The van der Waals surface area contributed by atoms with E-state index < -0.39 is 0 Å². The largest absolute Gasteiger partial charge is 0.333 e. The van der Waals surface area contributed by atoms with Crippen LogP contribution in [0.15, 0.2) is 10.6 Å². The number of likely N-dealkylation sites (N-methyl/N-ethyl adjacent to an activating group) is 1. The van der Waals surface area contributed by atoms with Crippen molar-refractivity contribution >= 4 is 11.3 Å². The second kappa shape index (κ2) is 5.43. The molecule has 0 bridgehead atoms. The lowest BCUT2D eigenvalue weighted by Crippen LogP contribution is -2.24. The zero-order valence-electron chi connectivity index (χ0n) is 11.4. The molecule has 1 aliphatic carbocycles. The molecular weight excluding hydrogens is 258 g/mol. The Hall–Kier alpha value is -1.20. The Labute approximate surface area is 117 Å². The molecule has 0 aliphatic heterocycles. The Bertz CT molecular complexity index is 537. The molecule has 4 nitrogen and oxygen atoms in total. The minimum absolute atomic E-state index is 0.363. The van der Waals surface area contributed by atoms with Crippen LogP contribution >= 0.6 is 11.3 Å². The number of thiophene rings is 1. The molecule has 0 saturated carbocycles. The summed E-state index contributed by atoms with van der Waals surface area (Å²) in [6, 6.07) is 2.60. The molecule has 5 heteroatoms. The lowest BCUT2D eigenvalue weighted by molar-refractivity contribution is 0.419. The maximum absolute atomic E-state index is 5.40. The molecule has 0 fully saturated rings. The Morgan fingerprint density at radius 3 is 3.05 bits per heavy atom. The van der Waals surface area contributed by atoms with Crippen LogP contribution in [-0.4, -0.2) is 23.2 Å². The highest BCUT2D eigenvalue weighted by atomic mass is 32.1. The number of hydrogen-bond donors (Lipinski definition) is 1. The van der Waals surface area contributed by atoms with Gasteiger partial charge in [-0.05, 0) is 51.3 Å². The summed E-state index contributed by atoms with van der Waals surface area (Å²) in [6.07, 6.45) is 5.81. The summed E-state index contributed by atoms with van der Waals surface area (Å²) in [6.45, 7) is 2.11. The van der Waals surface area contributed by atoms with E-state index in [1.165, 1.54) is 36.1 Å². The van der Waals surface area contributed by atoms with Gasteiger partial charge < -0.3 is 9.84 Å². The molecule has 0 radical (unpaired) electrons. The second-order valence-corrected chi connectivity index (χ2v) is 6.31. The van der Waals surface area contributed by atoms with E-state index in [4.69, 9.17) is 4.52 Å². The second-order valence-electron chi connectivity index (χ2n) is 5.18. The SMILES string of the molecule is CNC(C)Cc1noc(-c2cc3c(s2)CCCC3)n1. The van der Waals surface area contributed by atoms with E-state index in [2.05, 4.69) is 28.4 Å². The van der Waals surface area contributed by atoms with Crippen LogP contribution in [0.4, 0.5) is 0 Å². The molecule has 0 saturated heterocycles. The molecule has 3 rings (SSSR count). The highest BCUT2D eigenvalue weighted by Gasteiger charge is 2.18. The van der Waals surface area contributed by atoms with Gasteiger partial charge in [-0.2, -0.15) is 4.98 Å². The van der Waals surface area contributed by atoms with E-state index >= 15 is 0 Å². The van der Waals surface area contributed by atoms with Crippen molar-refractivity contribution in [1.82, 2.24) is 15.5 Å². The Balaban J connectivity index is 1.80. The third-order valence-corrected chi connectivity index (χ3v) is 4.88. The van der Waals surface area contributed by atoms with Crippen LogP contribution in [0.25, 0.3) is 10.8 Å². The number of fused-ring (bicyclic) bond motifs is 1. The summed E-state index contributed by atoms with van der Waals surface area (Å²) in [4.78, 5) is 7.14.